The average molecular weight is 380 g/mol. The predicted octanol–water partition coefficient (Wildman–Crippen LogP) is -0.234. The Kier molecular flexibility index (Phi) is 5.45. The summed E-state index contributed by atoms with van der Waals surface area (Å²) in [7, 11) is -1.47. The predicted molar refractivity (Wildman–Crippen MR) is 97.5 cm³/mol. The first-order valence-electron chi connectivity index (χ1n) is 8.75. The number of aromatic nitrogens is 1. The number of piperazine rings is 1. The second-order valence-corrected chi connectivity index (χ2v) is 9.02. The molecule has 2 amide bonds. The van der Waals surface area contributed by atoms with Gasteiger partial charge in [0, 0.05) is 45.5 Å². The van der Waals surface area contributed by atoms with Crippen molar-refractivity contribution in [1.82, 2.24) is 14.8 Å². The van der Waals surface area contributed by atoms with Crippen LogP contribution >= 0.6 is 0 Å². The number of hydrogen-bond acceptors (Lipinski definition) is 6. The summed E-state index contributed by atoms with van der Waals surface area (Å²) in [5.74, 6) is 0.468. The molecular formula is C17H24N4O4S. The van der Waals surface area contributed by atoms with E-state index in [9.17, 15) is 18.0 Å². The van der Waals surface area contributed by atoms with Gasteiger partial charge in [0.15, 0.2) is 9.84 Å². The molecule has 3 heterocycles. The maximum atomic E-state index is 12.4. The minimum atomic E-state index is -3.06. The van der Waals surface area contributed by atoms with E-state index in [4.69, 9.17) is 0 Å². The first-order chi connectivity index (χ1) is 12.4. The van der Waals surface area contributed by atoms with Crippen molar-refractivity contribution < 1.29 is 18.0 Å². The smallest absolute Gasteiger partial charge is 0.232 e. The fourth-order valence-electron chi connectivity index (χ4n) is 3.38. The first kappa shape index (κ1) is 18.6. The third-order valence-electron chi connectivity index (χ3n) is 5.06. The Morgan fingerprint density at radius 2 is 1.96 bits per heavy atom. The molecule has 1 atom stereocenters. The summed E-state index contributed by atoms with van der Waals surface area (Å²) in [6, 6.07) is 5.41. The molecule has 142 valence electrons. The Hall–Kier alpha value is -2.16. The van der Waals surface area contributed by atoms with Crippen LogP contribution in [0.25, 0.3) is 0 Å². The second-order valence-electron chi connectivity index (χ2n) is 6.79. The zero-order valence-electron chi connectivity index (χ0n) is 14.9. The maximum absolute atomic E-state index is 12.4. The van der Waals surface area contributed by atoms with Crippen molar-refractivity contribution in [2.45, 2.75) is 18.9 Å². The lowest BCUT2D eigenvalue weighted by molar-refractivity contribution is -0.141. The van der Waals surface area contributed by atoms with Crippen molar-refractivity contribution in [3.63, 3.8) is 0 Å². The number of hydrogen-bond donors (Lipinski definition) is 0. The maximum Gasteiger partial charge on any atom is 0.232 e. The summed E-state index contributed by atoms with van der Waals surface area (Å²) in [5, 5.41) is 0. The van der Waals surface area contributed by atoms with E-state index in [0.29, 0.717) is 32.6 Å². The molecule has 0 aliphatic carbocycles. The van der Waals surface area contributed by atoms with Crippen LogP contribution in [0.3, 0.4) is 0 Å². The largest absolute Gasteiger partial charge is 0.353 e. The minimum Gasteiger partial charge on any atom is -0.353 e. The van der Waals surface area contributed by atoms with Crippen LogP contribution < -0.4 is 4.90 Å². The standard InChI is InChI=1S/C17H24N4O4S/c1-19(14-5-11-26(24,25)13-14)16(22)12-17(23)21-9-7-20(8-10-21)15-4-2-3-6-18-15/h2-4,6,14H,5,7-13H2,1H3. The highest BCUT2D eigenvalue weighted by Gasteiger charge is 2.34. The van der Waals surface area contributed by atoms with Crippen molar-refractivity contribution in [3.8, 4) is 0 Å². The highest BCUT2D eigenvalue weighted by atomic mass is 32.2. The van der Waals surface area contributed by atoms with Crippen LogP contribution in [0.1, 0.15) is 12.8 Å². The SMILES string of the molecule is CN(C(=O)CC(=O)N1CCN(c2ccccn2)CC1)C1CCS(=O)(=O)C1. The Morgan fingerprint density at radius 3 is 2.54 bits per heavy atom. The molecule has 1 aromatic rings. The molecule has 0 N–H and O–H groups in total. The zero-order valence-corrected chi connectivity index (χ0v) is 15.7. The van der Waals surface area contributed by atoms with Crippen molar-refractivity contribution in [2.24, 2.45) is 0 Å². The van der Waals surface area contributed by atoms with E-state index >= 15 is 0 Å². The van der Waals surface area contributed by atoms with Crippen molar-refractivity contribution in [2.75, 3.05) is 49.6 Å². The lowest BCUT2D eigenvalue weighted by Crippen LogP contribution is -2.50. The molecule has 1 aromatic heterocycles. The number of carbonyl (C=O) groups excluding carboxylic acids is 2. The number of nitrogens with zero attached hydrogens (tertiary/aromatic N) is 4. The second kappa shape index (κ2) is 7.61. The first-order valence-corrected chi connectivity index (χ1v) is 10.6. The fraction of sp³-hybridized carbons (Fsp3) is 0.588. The lowest BCUT2D eigenvalue weighted by Gasteiger charge is -2.35. The lowest BCUT2D eigenvalue weighted by atomic mass is 10.2. The Morgan fingerprint density at radius 1 is 1.23 bits per heavy atom. The van der Waals surface area contributed by atoms with Gasteiger partial charge in [0.05, 0.1) is 11.5 Å². The van der Waals surface area contributed by atoms with Crippen LogP contribution in [0.15, 0.2) is 24.4 Å². The van der Waals surface area contributed by atoms with Gasteiger partial charge < -0.3 is 14.7 Å². The molecule has 1 unspecified atom stereocenters. The van der Waals surface area contributed by atoms with Crippen LogP contribution in [-0.4, -0.2) is 85.8 Å². The molecule has 0 bridgehead atoms. The Bertz CT molecular complexity index is 760. The van der Waals surface area contributed by atoms with Crippen LogP contribution in [0, 0.1) is 0 Å². The quantitative estimate of drug-likeness (QED) is 0.670. The summed E-state index contributed by atoms with van der Waals surface area (Å²) < 4.78 is 23.1. The summed E-state index contributed by atoms with van der Waals surface area (Å²) in [5.41, 5.74) is 0. The van der Waals surface area contributed by atoms with E-state index in [1.165, 1.54) is 4.90 Å². The Balaban J connectivity index is 1.49. The minimum absolute atomic E-state index is 0.00776. The molecule has 0 aromatic carbocycles. The molecule has 26 heavy (non-hydrogen) atoms. The number of rotatable bonds is 4. The van der Waals surface area contributed by atoms with Crippen LogP contribution in [0.4, 0.5) is 5.82 Å². The number of carbonyl (C=O) groups is 2. The van der Waals surface area contributed by atoms with Gasteiger partial charge in [-0.2, -0.15) is 0 Å². The molecule has 0 spiro atoms. The molecule has 0 saturated carbocycles. The molecule has 0 radical (unpaired) electrons. The summed E-state index contributed by atoms with van der Waals surface area (Å²) in [6.45, 7) is 2.44. The number of anilines is 1. The van der Waals surface area contributed by atoms with E-state index in [2.05, 4.69) is 9.88 Å². The van der Waals surface area contributed by atoms with E-state index in [-0.39, 0.29) is 35.8 Å². The van der Waals surface area contributed by atoms with Gasteiger partial charge in [-0.25, -0.2) is 13.4 Å². The summed E-state index contributed by atoms with van der Waals surface area (Å²) in [4.78, 5) is 34.3. The van der Waals surface area contributed by atoms with Crippen LogP contribution in [0.5, 0.6) is 0 Å². The summed E-state index contributed by atoms with van der Waals surface area (Å²) >= 11 is 0. The van der Waals surface area contributed by atoms with Gasteiger partial charge in [0.1, 0.15) is 12.2 Å². The highest BCUT2D eigenvalue weighted by molar-refractivity contribution is 7.91. The van der Waals surface area contributed by atoms with Gasteiger partial charge in [-0.3, -0.25) is 9.59 Å². The average Bonchev–Trinajstić information content (AvgIpc) is 3.01. The van der Waals surface area contributed by atoms with Gasteiger partial charge in [-0.1, -0.05) is 6.07 Å². The zero-order chi connectivity index (χ0) is 18.7. The molecule has 9 heteroatoms. The summed E-state index contributed by atoms with van der Waals surface area (Å²) in [6.07, 6.45) is 1.97. The normalized spacial score (nSPS) is 22.3. The van der Waals surface area contributed by atoms with Crippen molar-refractivity contribution in [3.05, 3.63) is 24.4 Å². The fourth-order valence-corrected chi connectivity index (χ4v) is 5.15. The number of amides is 2. The molecular weight excluding hydrogens is 356 g/mol. The third kappa shape index (κ3) is 4.32. The van der Waals surface area contributed by atoms with E-state index in [1.807, 2.05) is 18.2 Å². The highest BCUT2D eigenvalue weighted by Crippen LogP contribution is 2.18. The molecule has 2 saturated heterocycles. The van der Waals surface area contributed by atoms with Gasteiger partial charge in [-0.05, 0) is 18.6 Å². The number of sulfone groups is 1. The monoisotopic (exact) mass is 380 g/mol. The molecule has 2 aliphatic rings. The van der Waals surface area contributed by atoms with Gasteiger partial charge in [-0.15, -0.1) is 0 Å². The Labute approximate surface area is 153 Å². The van der Waals surface area contributed by atoms with E-state index in [0.717, 1.165) is 5.82 Å². The van der Waals surface area contributed by atoms with Gasteiger partial charge in [0.25, 0.3) is 0 Å². The topological polar surface area (TPSA) is 90.9 Å². The van der Waals surface area contributed by atoms with Gasteiger partial charge in [0.2, 0.25) is 11.8 Å². The van der Waals surface area contributed by atoms with E-state index < -0.39 is 9.84 Å². The van der Waals surface area contributed by atoms with Crippen LogP contribution in [0.2, 0.25) is 0 Å². The molecule has 8 nitrogen and oxygen atoms in total. The number of pyridine rings is 1. The van der Waals surface area contributed by atoms with E-state index in [1.54, 1.807) is 18.1 Å². The van der Waals surface area contributed by atoms with Gasteiger partial charge >= 0.3 is 0 Å². The van der Waals surface area contributed by atoms with Crippen molar-refractivity contribution in [1.29, 1.82) is 0 Å². The van der Waals surface area contributed by atoms with Crippen molar-refractivity contribution >= 4 is 27.5 Å². The van der Waals surface area contributed by atoms with Crippen LogP contribution in [-0.2, 0) is 19.4 Å². The third-order valence-corrected chi connectivity index (χ3v) is 6.81. The molecule has 2 fully saturated rings. The molecule has 2 aliphatic heterocycles. The molecule has 3 rings (SSSR count).